The van der Waals surface area contributed by atoms with Gasteiger partial charge in [-0.3, -0.25) is 0 Å². The first-order chi connectivity index (χ1) is 28.8. The van der Waals surface area contributed by atoms with Crippen LogP contribution in [0.25, 0.3) is 66.4 Å². The van der Waals surface area contributed by atoms with Crippen molar-refractivity contribution in [3.8, 4) is 55.6 Å². The summed E-state index contributed by atoms with van der Waals surface area (Å²) in [6.45, 7) is 9.57. The summed E-state index contributed by atoms with van der Waals surface area (Å²) in [7, 11) is 0. The Labute approximate surface area is 347 Å². The van der Waals surface area contributed by atoms with Crippen LogP contribution in [0.15, 0.2) is 200 Å². The molecule has 1 nitrogen and oxygen atoms in total. The van der Waals surface area contributed by atoms with Gasteiger partial charge in [-0.2, -0.15) is 0 Å². The van der Waals surface area contributed by atoms with E-state index in [9.17, 15) is 0 Å². The van der Waals surface area contributed by atoms with E-state index in [1.807, 2.05) is 0 Å². The number of hydrogen-bond donors (Lipinski definition) is 0. The molecule has 0 saturated carbocycles. The molecule has 0 N–H and O–H groups in total. The van der Waals surface area contributed by atoms with Crippen LogP contribution >= 0.6 is 0 Å². The van der Waals surface area contributed by atoms with Crippen molar-refractivity contribution in [1.82, 2.24) is 0 Å². The summed E-state index contributed by atoms with van der Waals surface area (Å²) in [6, 6.07) is 74.2. The van der Waals surface area contributed by atoms with Gasteiger partial charge in [-0.1, -0.05) is 191 Å². The third-order valence-electron chi connectivity index (χ3n) is 13.3. The molecule has 0 radical (unpaired) electrons. The predicted octanol–water partition coefficient (Wildman–Crippen LogP) is 15.9. The topological polar surface area (TPSA) is 3.24 Å². The van der Waals surface area contributed by atoms with Gasteiger partial charge in [0.15, 0.2) is 0 Å². The standard InChI is InChI=1S/C58H45N/c1-57(2)51-23-14-13-21-46(51)47-35-34-44(36-53(47)57)59(43-32-30-41(31-33-43)39-18-9-6-10-19-39)54-25-15-24-52-55(54)50-37-49(45-20-11-12-22-48(45)56(50)58(52,3)4)42-28-26-40(27-29-42)38-16-7-5-8-17-38/h5-37H,1-4H3. The monoisotopic (exact) mass is 755 g/mol. The molecule has 2 aliphatic carbocycles. The quantitative estimate of drug-likeness (QED) is 0.163. The highest BCUT2D eigenvalue weighted by atomic mass is 15.1. The third kappa shape index (κ3) is 5.45. The molecular weight excluding hydrogens is 711 g/mol. The fourth-order valence-corrected chi connectivity index (χ4v) is 10.3. The molecule has 0 fully saturated rings. The minimum atomic E-state index is -0.222. The first kappa shape index (κ1) is 35.2. The van der Waals surface area contributed by atoms with Crippen LogP contribution in [0.4, 0.5) is 17.1 Å². The highest BCUT2D eigenvalue weighted by Gasteiger charge is 2.41. The summed E-state index contributed by atoms with van der Waals surface area (Å²) >= 11 is 0. The largest absolute Gasteiger partial charge is 0.310 e. The Morgan fingerprint density at radius 3 is 1.54 bits per heavy atom. The van der Waals surface area contributed by atoms with Crippen molar-refractivity contribution in [3.63, 3.8) is 0 Å². The Kier molecular flexibility index (Phi) is 7.94. The van der Waals surface area contributed by atoms with Crippen LogP contribution in [0.2, 0.25) is 0 Å². The molecule has 59 heavy (non-hydrogen) atoms. The number of anilines is 3. The van der Waals surface area contributed by atoms with Crippen molar-refractivity contribution in [1.29, 1.82) is 0 Å². The van der Waals surface area contributed by atoms with E-state index in [-0.39, 0.29) is 10.8 Å². The van der Waals surface area contributed by atoms with Gasteiger partial charge in [-0.05, 0) is 119 Å². The Hall–Kier alpha value is -6.96. The van der Waals surface area contributed by atoms with Crippen molar-refractivity contribution in [2.75, 3.05) is 4.90 Å². The maximum Gasteiger partial charge on any atom is 0.0543 e. The lowest BCUT2D eigenvalue weighted by Crippen LogP contribution is -2.17. The van der Waals surface area contributed by atoms with E-state index in [2.05, 4.69) is 233 Å². The number of hydrogen-bond acceptors (Lipinski definition) is 1. The highest BCUT2D eigenvalue weighted by Crippen LogP contribution is 2.58. The minimum absolute atomic E-state index is 0.123. The van der Waals surface area contributed by atoms with Crippen LogP contribution in [-0.2, 0) is 10.8 Å². The van der Waals surface area contributed by atoms with E-state index in [1.165, 1.54) is 94.3 Å². The van der Waals surface area contributed by atoms with Gasteiger partial charge in [-0.15, -0.1) is 0 Å². The number of rotatable bonds is 6. The van der Waals surface area contributed by atoms with Crippen molar-refractivity contribution in [2.24, 2.45) is 0 Å². The van der Waals surface area contributed by atoms with E-state index in [0.29, 0.717) is 0 Å². The first-order valence-corrected chi connectivity index (χ1v) is 20.8. The number of nitrogens with zero attached hydrogens (tertiary/aromatic N) is 1. The normalized spacial score (nSPS) is 14.0. The highest BCUT2D eigenvalue weighted by molar-refractivity contribution is 6.08. The molecule has 9 aromatic carbocycles. The zero-order chi connectivity index (χ0) is 39.9. The maximum atomic E-state index is 2.52. The van der Waals surface area contributed by atoms with E-state index >= 15 is 0 Å². The van der Waals surface area contributed by atoms with E-state index in [4.69, 9.17) is 0 Å². The third-order valence-corrected chi connectivity index (χ3v) is 13.3. The molecule has 0 bridgehead atoms. The van der Waals surface area contributed by atoms with Crippen LogP contribution in [-0.4, -0.2) is 0 Å². The average Bonchev–Trinajstić information content (AvgIpc) is 3.66. The van der Waals surface area contributed by atoms with Crippen molar-refractivity contribution < 1.29 is 0 Å². The molecule has 0 spiro atoms. The SMILES string of the molecule is CC1(C)c2ccccc2-c2ccc(N(c3ccc(-c4ccccc4)cc3)c3cccc4c3-c3cc(-c5ccc(-c6ccccc6)cc5)c5ccccc5c3C4(C)C)cc21. The second kappa shape index (κ2) is 13.3. The van der Waals surface area contributed by atoms with Crippen LogP contribution in [0.1, 0.15) is 49.9 Å². The maximum absolute atomic E-state index is 2.52. The van der Waals surface area contributed by atoms with Gasteiger partial charge < -0.3 is 4.90 Å². The fourth-order valence-electron chi connectivity index (χ4n) is 10.3. The molecule has 1 heteroatoms. The van der Waals surface area contributed by atoms with Gasteiger partial charge in [-0.25, -0.2) is 0 Å². The van der Waals surface area contributed by atoms with Crippen molar-refractivity contribution in [2.45, 2.75) is 38.5 Å². The summed E-state index contributed by atoms with van der Waals surface area (Å²) in [4.78, 5) is 2.52. The second-order valence-electron chi connectivity index (χ2n) is 17.3. The van der Waals surface area contributed by atoms with Gasteiger partial charge in [0.1, 0.15) is 0 Å². The van der Waals surface area contributed by atoms with Crippen LogP contribution in [0.3, 0.4) is 0 Å². The summed E-state index contributed by atoms with van der Waals surface area (Å²) in [6.07, 6.45) is 0. The number of benzene rings is 9. The number of fused-ring (bicyclic) bond motifs is 8. The molecule has 2 aliphatic rings. The molecule has 282 valence electrons. The van der Waals surface area contributed by atoms with Gasteiger partial charge in [0.05, 0.1) is 5.69 Å². The zero-order valence-electron chi connectivity index (χ0n) is 34.0. The second-order valence-corrected chi connectivity index (χ2v) is 17.3. The molecule has 0 amide bonds. The minimum Gasteiger partial charge on any atom is -0.310 e. The Morgan fingerprint density at radius 2 is 0.847 bits per heavy atom. The smallest absolute Gasteiger partial charge is 0.0543 e. The van der Waals surface area contributed by atoms with E-state index in [0.717, 1.165) is 11.4 Å². The van der Waals surface area contributed by atoms with Gasteiger partial charge in [0, 0.05) is 27.8 Å². The lowest BCUT2D eigenvalue weighted by atomic mass is 9.79. The molecular formula is C58H45N. The van der Waals surface area contributed by atoms with Gasteiger partial charge in [0.2, 0.25) is 0 Å². The lowest BCUT2D eigenvalue weighted by Gasteiger charge is -2.30. The Balaban J connectivity index is 1.13. The predicted molar refractivity (Wildman–Crippen MR) is 250 cm³/mol. The van der Waals surface area contributed by atoms with Crippen molar-refractivity contribution in [3.05, 3.63) is 222 Å². The van der Waals surface area contributed by atoms with Crippen LogP contribution < -0.4 is 4.90 Å². The Bertz CT molecular complexity index is 3060. The van der Waals surface area contributed by atoms with E-state index < -0.39 is 0 Å². The van der Waals surface area contributed by atoms with Crippen LogP contribution in [0, 0.1) is 0 Å². The molecule has 0 saturated heterocycles. The summed E-state index contributed by atoms with van der Waals surface area (Å²) < 4.78 is 0. The molecule has 11 rings (SSSR count). The fraction of sp³-hybridized carbons (Fsp3) is 0.103. The van der Waals surface area contributed by atoms with E-state index in [1.54, 1.807) is 0 Å². The van der Waals surface area contributed by atoms with Crippen molar-refractivity contribution >= 4 is 27.8 Å². The van der Waals surface area contributed by atoms with Gasteiger partial charge >= 0.3 is 0 Å². The van der Waals surface area contributed by atoms with Crippen LogP contribution in [0.5, 0.6) is 0 Å². The Morgan fingerprint density at radius 1 is 0.322 bits per heavy atom. The summed E-state index contributed by atoms with van der Waals surface area (Å²) in [5.41, 5.74) is 21.3. The molecule has 0 atom stereocenters. The summed E-state index contributed by atoms with van der Waals surface area (Å²) in [5.74, 6) is 0. The molecule has 0 heterocycles. The molecule has 0 aliphatic heterocycles. The zero-order valence-corrected chi connectivity index (χ0v) is 34.0. The molecule has 0 aromatic heterocycles. The molecule has 9 aromatic rings. The van der Waals surface area contributed by atoms with Gasteiger partial charge in [0.25, 0.3) is 0 Å². The summed E-state index contributed by atoms with van der Waals surface area (Å²) in [5, 5.41) is 2.60. The first-order valence-electron chi connectivity index (χ1n) is 20.8. The molecule has 0 unspecified atom stereocenters. The average molecular weight is 756 g/mol. The lowest BCUT2D eigenvalue weighted by molar-refractivity contribution is 0.660.